The highest BCUT2D eigenvalue weighted by Gasteiger charge is 2.54. The van der Waals surface area contributed by atoms with Crippen LogP contribution >= 0.6 is 0 Å². The van der Waals surface area contributed by atoms with Crippen LogP contribution in [-0.4, -0.2) is 22.2 Å². The molecule has 27 heavy (non-hydrogen) atoms. The Kier molecular flexibility index (Phi) is 3.89. The van der Waals surface area contributed by atoms with Crippen LogP contribution in [0.2, 0.25) is 0 Å². The maximum Gasteiger partial charge on any atom is 0.435 e. The molecule has 1 amide bonds. The van der Waals surface area contributed by atoms with E-state index in [9.17, 15) is 18.0 Å². The Morgan fingerprint density at radius 3 is 2.26 bits per heavy atom. The smallest absolute Gasteiger partial charge is 0.354 e. The molecule has 1 aromatic heterocycles. The van der Waals surface area contributed by atoms with Crippen molar-refractivity contribution in [1.29, 1.82) is 0 Å². The first kappa shape index (κ1) is 17.6. The van der Waals surface area contributed by atoms with Gasteiger partial charge in [0, 0.05) is 23.6 Å². The summed E-state index contributed by atoms with van der Waals surface area (Å²) < 4.78 is 40.4. The number of hydrogen-bond donors (Lipinski definition) is 1. The molecule has 1 heterocycles. The van der Waals surface area contributed by atoms with E-state index in [0.29, 0.717) is 36.5 Å². The Bertz CT molecular complexity index is 715. The predicted octanol–water partition coefficient (Wildman–Crippen LogP) is 4.11. The van der Waals surface area contributed by atoms with Gasteiger partial charge < -0.3 is 5.32 Å². The monoisotopic (exact) mass is 381 g/mol. The van der Waals surface area contributed by atoms with Crippen molar-refractivity contribution in [2.24, 2.45) is 23.2 Å². The van der Waals surface area contributed by atoms with E-state index in [-0.39, 0.29) is 17.2 Å². The Morgan fingerprint density at radius 1 is 1.15 bits per heavy atom. The van der Waals surface area contributed by atoms with Crippen molar-refractivity contribution in [2.45, 2.75) is 70.0 Å². The first-order valence-electron chi connectivity index (χ1n) is 10.3. The Morgan fingerprint density at radius 2 is 1.74 bits per heavy atom. The van der Waals surface area contributed by atoms with E-state index < -0.39 is 11.9 Å². The van der Waals surface area contributed by atoms with Gasteiger partial charge in [-0.1, -0.05) is 0 Å². The van der Waals surface area contributed by atoms with Gasteiger partial charge in [-0.2, -0.15) is 18.3 Å². The molecular formula is C20H26F3N3O. The van der Waals surface area contributed by atoms with E-state index in [1.54, 1.807) is 0 Å². The molecule has 0 unspecified atom stereocenters. The second kappa shape index (κ2) is 5.98. The number of carbonyl (C=O) groups excluding carboxylic acids is 1. The van der Waals surface area contributed by atoms with Crippen LogP contribution < -0.4 is 5.32 Å². The summed E-state index contributed by atoms with van der Waals surface area (Å²) in [7, 11) is 0. The van der Waals surface area contributed by atoms with Gasteiger partial charge in [0.2, 0.25) is 5.91 Å². The average molecular weight is 381 g/mol. The number of nitrogens with one attached hydrogen (secondary N) is 1. The third-order valence-corrected chi connectivity index (χ3v) is 7.23. The van der Waals surface area contributed by atoms with Gasteiger partial charge in [0.15, 0.2) is 5.69 Å². The highest BCUT2D eigenvalue weighted by molar-refractivity contribution is 5.83. The lowest BCUT2D eigenvalue weighted by atomic mass is 9.49. The predicted molar refractivity (Wildman–Crippen MR) is 92.8 cm³/mol. The molecule has 0 radical (unpaired) electrons. The summed E-state index contributed by atoms with van der Waals surface area (Å²) in [6, 6.07) is 1.18. The summed E-state index contributed by atoms with van der Waals surface area (Å²) >= 11 is 0. The number of halogens is 3. The SMILES string of the molecule is O=C(NCCn1nc(C(F)(F)F)cc1C1CC1)C12CC3CC(CC(C3)C1)C2. The van der Waals surface area contributed by atoms with Gasteiger partial charge in [-0.3, -0.25) is 9.48 Å². The van der Waals surface area contributed by atoms with E-state index in [1.807, 2.05) is 0 Å². The molecule has 5 fully saturated rings. The van der Waals surface area contributed by atoms with Crippen molar-refractivity contribution >= 4 is 5.91 Å². The van der Waals surface area contributed by atoms with E-state index in [1.165, 1.54) is 30.0 Å². The minimum Gasteiger partial charge on any atom is -0.354 e. The van der Waals surface area contributed by atoms with Crippen molar-refractivity contribution in [3.63, 3.8) is 0 Å². The molecule has 5 aliphatic carbocycles. The van der Waals surface area contributed by atoms with E-state index in [0.717, 1.165) is 32.1 Å². The highest BCUT2D eigenvalue weighted by atomic mass is 19.4. The number of amides is 1. The van der Waals surface area contributed by atoms with Crippen molar-refractivity contribution in [1.82, 2.24) is 15.1 Å². The molecule has 7 heteroatoms. The molecule has 0 atom stereocenters. The Balaban J connectivity index is 1.24. The van der Waals surface area contributed by atoms with Crippen molar-refractivity contribution in [2.75, 3.05) is 6.54 Å². The number of alkyl halides is 3. The van der Waals surface area contributed by atoms with Crippen molar-refractivity contribution in [3.8, 4) is 0 Å². The normalized spacial score (nSPS) is 34.9. The van der Waals surface area contributed by atoms with E-state index in [2.05, 4.69) is 10.4 Å². The van der Waals surface area contributed by atoms with Crippen LogP contribution in [0.4, 0.5) is 13.2 Å². The Labute approximate surface area is 156 Å². The molecule has 4 nitrogen and oxygen atoms in total. The van der Waals surface area contributed by atoms with Gasteiger partial charge in [0.05, 0.1) is 6.54 Å². The number of hydrogen-bond acceptors (Lipinski definition) is 2. The zero-order valence-electron chi connectivity index (χ0n) is 15.4. The second-order valence-electron chi connectivity index (χ2n) is 9.40. The number of rotatable bonds is 5. The third-order valence-electron chi connectivity index (χ3n) is 7.23. The molecule has 0 aliphatic heterocycles. The lowest BCUT2D eigenvalue weighted by molar-refractivity contribution is -0.146. The summed E-state index contributed by atoms with van der Waals surface area (Å²) in [5.74, 6) is 2.40. The molecule has 1 N–H and O–H groups in total. The third kappa shape index (κ3) is 3.17. The minimum absolute atomic E-state index is 0.123. The maximum absolute atomic E-state index is 13.0. The summed E-state index contributed by atoms with van der Waals surface area (Å²) in [4.78, 5) is 13.0. The second-order valence-corrected chi connectivity index (χ2v) is 9.40. The fourth-order valence-electron chi connectivity index (χ4n) is 6.31. The Hall–Kier alpha value is -1.53. The molecule has 5 saturated carbocycles. The highest BCUT2D eigenvalue weighted by Crippen LogP contribution is 2.60. The number of aromatic nitrogens is 2. The van der Waals surface area contributed by atoms with Crippen LogP contribution in [0.3, 0.4) is 0 Å². The fraction of sp³-hybridized carbons (Fsp3) is 0.800. The lowest BCUT2D eigenvalue weighted by Crippen LogP contribution is -2.53. The lowest BCUT2D eigenvalue weighted by Gasteiger charge is -2.55. The topological polar surface area (TPSA) is 46.9 Å². The zero-order valence-corrected chi connectivity index (χ0v) is 15.4. The van der Waals surface area contributed by atoms with Crippen LogP contribution in [0.25, 0.3) is 0 Å². The largest absolute Gasteiger partial charge is 0.435 e. The summed E-state index contributed by atoms with van der Waals surface area (Å²) in [6.07, 6.45) is 4.26. The molecule has 6 rings (SSSR count). The van der Waals surface area contributed by atoms with Crippen LogP contribution in [0.5, 0.6) is 0 Å². The van der Waals surface area contributed by atoms with Gasteiger partial charge in [-0.15, -0.1) is 0 Å². The standard InChI is InChI=1S/C20H26F3N3O/c21-20(22,23)17-8-16(15-1-2-15)26(25-17)4-3-24-18(27)19-9-12-5-13(10-19)7-14(6-12)11-19/h8,12-15H,1-7,9-11H2,(H,24,27). The van der Waals surface area contributed by atoms with Crippen LogP contribution in [0, 0.1) is 23.2 Å². The summed E-state index contributed by atoms with van der Waals surface area (Å²) in [5.41, 5.74) is -0.377. The van der Waals surface area contributed by atoms with Gasteiger partial charge >= 0.3 is 6.18 Å². The molecule has 5 aliphatic rings. The molecule has 0 saturated heterocycles. The van der Waals surface area contributed by atoms with Gasteiger partial charge in [0.1, 0.15) is 0 Å². The van der Waals surface area contributed by atoms with Gasteiger partial charge in [-0.05, 0) is 75.2 Å². The zero-order chi connectivity index (χ0) is 18.8. The fourth-order valence-corrected chi connectivity index (χ4v) is 6.31. The van der Waals surface area contributed by atoms with Gasteiger partial charge in [0.25, 0.3) is 0 Å². The first-order chi connectivity index (χ1) is 12.8. The summed E-state index contributed by atoms with van der Waals surface area (Å²) in [6.45, 7) is 0.652. The van der Waals surface area contributed by atoms with Gasteiger partial charge in [-0.25, -0.2) is 0 Å². The van der Waals surface area contributed by atoms with Crippen molar-refractivity contribution < 1.29 is 18.0 Å². The quantitative estimate of drug-likeness (QED) is 0.834. The van der Waals surface area contributed by atoms with Crippen LogP contribution in [0.1, 0.15) is 68.7 Å². The minimum atomic E-state index is -4.42. The molecule has 1 aromatic rings. The van der Waals surface area contributed by atoms with Crippen molar-refractivity contribution in [3.05, 3.63) is 17.5 Å². The maximum atomic E-state index is 13.0. The molecule has 0 aromatic carbocycles. The average Bonchev–Trinajstić information content (AvgIpc) is 3.32. The molecule has 148 valence electrons. The van der Waals surface area contributed by atoms with E-state index in [4.69, 9.17) is 0 Å². The number of nitrogens with zero attached hydrogens (tertiary/aromatic N) is 2. The number of carbonyl (C=O) groups is 1. The molecule has 0 spiro atoms. The van der Waals surface area contributed by atoms with E-state index >= 15 is 0 Å². The summed E-state index contributed by atoms with van der Waals surface area (Å²) in [5, 5.41) is 6.81. The van der Waals surface area contributed by atoms with Crippen LogP contribution in [0.15, 0.2) is 6.07 Å². The molecule has 4 bridgehead atoms. The van der Waals surface area contributed by atoms with Crippen LogP contribution in [-0.2, 0) is 17.5 Å². The molecular weight excluding hydrogens is 355 g/mol. The first-order valence-corrected chi connectivity index (χ1v) is 10.3.